The van der Waals surface area contributed by atoms with Gasteiger partial charge in [-0.1, -0.05) is 39.0 Å². The maximum Gasteiger partial charge on any atom is 0.0400 e. The van der Waals surface area contributed by atoms with Crippen molar-refractivity contribution in [1.29, 1.82) is 0 Å². The first-order valence-corrected chi connectivity index (χ1v) is 7.42. The van der Waals surface area contributed by atoms with Crippen molar-refractivity contribution in [3.63, 3.8) is 0 Å². The molecule has 1 heterocycles. The molecular weight excluding hydrogens is 232 g/mol. The summed E-state index contributed by atoms with van der Waals surface area (Å²) < 4.78 is 0. The lowest BCUT2D eigenvalue weighted by Crippen LogP contribution is -2.48. The third-order valence-electron chi connectivity index (χ3n) is 4.28. The van der Waals surface area contributed by atoms with Crippen LogP contribution in [0.25, 0.3) is 0 Å². The topological polar surface area (TPSA) is 15.3 Å². The second kappa shape index (κ2) is 5.64. The average Bonchev–Trinajstić information content (AvgIpc) is 2.35. The van der Waals surface area contributed by atoms with Gasteiger partial charge in [0.05, 0.1) is 0 Å². The minimum atomic E-state index is 0.260. The Morgan fingerprint density at radius 3 is 2.32 bits per heavy atom. The molecule has 1 aliphatic rings. The van der Waals surface area contributed by atoms with Gasteiger partial charge in [-0.15, -0.1) is 0 Å². The molecule has 0 radical (unpaired) electrons. The molecule has 1 fully saturated rings. The van der Waals surface area contributed by atoms with E-state index in [2.05, 4.69) is 63.0 Å². The third-order valence-corrected chi connectivity index (χ3v) is 4.28. The zero-order chi connectivity index (χ0) is 14.0. The molecule has 0 unspecified atom stereocenters. The highest BCUT2D eigenvalue weighted by Crippen LogP contribution is 2.39. The number of benzene rings is 1. The molecule has 1 aromatic rings. The zero-order valence-corrected chi connectivity index (χ0v) is 13.1. The SMILES string of the molecule is Cc1cccc([C@@H](N2CCNCC2)C(C)(C)C)c1C. The smallest absolute Gasteiger partial charge is 0.0400 e. The second-order valence-electron chi connectivity index (χ2n) is 6.84. The molecule has 19 heavy (non-hydrogen) atoms. The van der Waals surface area contributed by atoms with Gasteiger partial charge in [0.25, 0.3) is 0 Å². The predicted octanol–water partition coefficient (Wildman–Crippen LogP) is 3.30. The van der Waals surface area contributed by atoms with E-state index in [0.29, 0.717) is 6.04 Å². The molecule has 0 spiro atoms. The Morgan fingerprint density at radius 2 is 1.74 bits per heavy atom. The third kappa shape index (κ3) is 3.18. The number of nitrogens with one attached hydrogen (secondary N) is 1. The van der Waals surface area contributed by atoms with E-state index in [1.807, 2.05) is 0 Å². The summed E-state index contributed by atoms with van der Waals surface area (Å²) in [6.45, 7) is 16.1. The van der Waals surface area contributed by atoms with E-state index in [0.717, 1.165) is 26.2 Å². The van der Waals surface area contributed by atoms with Gasteiger partial charge in [-0.3, -0.25) is 4.90 Å². The Hall–Kier alpha value is -0.860. The van der Waals surface area contributed by atoms with Crippen LogP contribution in [0, 0.1) is 19.3 Å². The van der Waals surface area contributed by atoms with E-state index < -0.39 is 0 Å². The molecule has 1 atom stereocenters. The molecule has 0 saturated carbocycles. The Bertz CT molecular complexity index is 425. The number of hydrogen-bond acceptors (Lipinski definition) is 2. The van der Waals surface area contributed by atoms with E-state index in [4.69, 9.17) is 0 Å². The van der Waals surface area contributed by atoms with Gasteiger partial charge in [-0.05, 0) is 36.0 Å². The van der Waals surface area contributed by atoms with Crippen molar-refractivity contribution in [3.8, 4) is 0 Å². The van der Waals surface area contributed by atoms with Crippen LogP contribution < -0.4 is 5.32 Å². The highest BCUT2D eigenvalue weighted by atomic mass is 15.2. The summed E-state index contributed by atoms with van der Waals surface area (Å²) in [7, 11) is 0. The molecule has 2 heteroatoms. The van der Waals surface area contributed by atoms with Gasteiger partial charge >= 0.3 is 0 Å². The van der Waals surface area contributed by atoms with E-state index in [-0.39, 0.29) is 5.41 Å². The van der Waals surface area contributed by atoms with Crippen LogP contribution in [0.3, 0.4) is 0 Å². The Balaban J connectivity index is 2.40. The summed E-state index contributed by atoms with van der Waals surface area (Å²) in [6.07, 6.45) is 0. The van der Waals surface area contributed by atoms with Crippen LogP contribution in [0.2, 0.25) is 0 Å². The van der Waals surface area contributed by atoms with Crippen LogP contribution in [-0.2, 0) is 0 Å². The fraction of sp³-hybridized carbons (Fsp3) is 0.647. The molecule has 2 nitrogen and oxygen atoms in total. The van der Waals surface area contributed by atoms with E-state index in [1.165, 1.54) is 16.7 Å². The number of aryl methyl sites for hydroxylation is 1. The molecule has 2 rings (SSSR count). The van der Waals surface area contributed by atoms with Gasteiger partial charge in [0.2, 0.25) is 0 Å². The first-order chi connectivity index (χ1) is 8.91. The largest absolute Gasteiger partial charge is 0.314 e. The number of nitrogens with zero attached hydrogens (tertiary/aromatic N) is 1. The summed E-state index contributed by atoms with van der Waals surface area (Å²) in [5.41, 5.74) is 4.63. The van der Waals surface area contributed by atoms with Crippen molar-refractivity contribution in [3.05, 3.63) is 34.9 Å². The summed E-state index contributed by atoms with van der Waals surface area (Å²) in [5.74, 6) is 0. The molecule has 0 aliphatic carbocycles. The average molecular weight is 260 g/mol. The quantitative estimate of drug-likeness (QED) is 0.878. The molecule has 0 aromatic heterocycles. The highest BCUT2D eigenvalue weighted by Gasteiger charge is 2.33. The number of rotatable bonds is 2. The van der Waals surface area contributed by atoms with Gasteiger partial charge in [0, 0.05) is 32.2 Å². The standard InChI is InChI=1S/C17H28N2/c1-13-7-6-8-15(14(13)2)16(17(3,4)5)19-11-9-18-10-12-19/h6-8,16,18H,9-12H2,1-5H3/t16-/m1/s1. The first kappa shape index (κ1) is 14.5. The summed E-state index contributed by atoms with van der Waals surface area (Å²) in [5, 5.41) is 3.46. The van der Waals surface area contributed by atoms with E-state index >= 15 is 0 Å². The molecule has 0 bridgehead atoms. The van der Waals surface area contributed by atoms with Crippen LogP contribution in [0.15, 0.2) is 18.2 Å². The van der Waals surface area contributed by atoms with Crippen LogP contribution in [-0.4, -0.2) is 31.1 Å². The van der Waals surface area contributed by atoms with Crippen molar-refractivity contribution in [2.45, 2.75) is 40.7 Å². The van der Waals surface area contributed by atoms with E-state index in [1.54, 1.807) is 0 Å². The zero-order valence-electron chi connectivity index (χ0n) is 13.1. The summed E-state index contributed by atoms with van der Waals surface area (Å²) in [6, 6.07) is 7.25. The molecular formula is C17H28N2. The minimum Gasteiger partial charge on any atom is -0.314 e. The van der Waals surface area contributed by atoms with Crippen molar-refractivity contribution in [2.75, 3.05) is 26.2 Å². The molecule has 0 amide bonds. The van der Waals surface area contributed by atoms with Crippen molar-refractivity contribution in [2.24, 2.45) is 5.41 Å². The molecule has 1 N–H and O–H groups in total. The number of piperazine rings is 1. The molecule has 1 saturated heterocycles. The van der Waals surface area contributed by atoms with Gasteiger partial charge < -0.3 is 5.32 Å². The lowest BCUT2D eigenvalue weighted by molar-refractivity contribution is 0.0857. The predicted molar refractivity (Wildman–Crippen MR) is 82.6 cm³/mol. The van der Waals surface area contributed by atoms with Crippen LogP contribution in [0.5, 0.6) is 0 Å². The lowest BCUT2D eigenvalue weighted by Gasteiger charge is -2.43. The van der Waals surface area contributed by atoms with Crippen LogP contribution in [0.4, 0.5) is 0 Å². The van der Waals surface area contributed by atoms with Crippen molar-refractivity contribution in [1.82, 2.24) is 10.2 Å². The lowest BCUT2D eigenvalue weighted by atomic mass is 9.79. The van der Waals surface area contributed by atoms with Crippen molar-refractivity contribution >= 4 is 0 Å². The Kier molecular flexibility index (Phi) is 4.32. The summed E-state index contributed by atoms with van der Waals surface area (Å²) >= 11 is 0. The van der Waals surface area contributed by atoms with Gasteiger partial charge in [0.15, 0.2) is 0 Å². The highest BCUT2D eigenvalue weighted by molar-refractivity contribution is 5.36. The normalized spacial score (nSPS) is 19.4. The van der Waals surface area contributed by atoms with Gasteiger partial charge in [0.1, 0.15) is 0 Å². The monoisotopic (exact) mass is 260 g/mol. The van der Waals surface area contributed by atoms with Crippen LogP contribution in [0.1, 0.15) is 43.5 Å². The van der Waals surface area contributed by atoms with Gasteiger partial charge in [-0.2, -0.15) is 0 Å². The summed E-state index contributed by atoms with van der Waals surface area (Å²) in [4.78, 5) is 2.65. The van der Waals surface area contributed by atoms with Crippen molar-refractivity contribution < 1.29 is 0 Å². The fourth-order valence-corrected chi connectivity index (χ4v) is 3.22. The Labute approximate surface area is 118 Å². The van der Waals surface area contributed by atoms with Crippen LogP contribution >= 0.6 is 0 Å². The number of hydrogen-bond donors (Lipinski definition) is 1. The van der Waals surface area contributed by atoms with E-state index in [9.17, 15) is 0 Å². The first-order valence-electron chi connectivity index (χ1n) is 7.42. The Morgan fingerprint density at radius 1 is 1.11 bits per heavy atom. The second-order valence-corrected chi connectivity index (χ2v) is 6.84. The minimum absolute atomic E-state index is 0.260. The molecule has 106 valence electrons. The maximum atomic E-state index is 3.46. The molecule has 1 aromatic carbocycles. The fourth-order valence-electron chi connectivity index (χ4n) is 3.22. The molecule has 1 aliphatic heterocycles. The van der Waals surface area contributed by atoms with Gasteiger partial charge in [-0.25, -0.2) is 0 Å². The maximum absolute atomic E-state index is 3.46.